The van der Waals surface area contributed by atoms with Crippen LogP contribution in [0.1, 0.15) is 0 Å². The number of aliphatic carboxylic acids is 1. The second-order valence-electron chi connectivity index (χ2n) is 4.97. The standard InChI is InChI=1S/C12H10F5NO4S/c13-8-2-1-3-9(10(8)14)23(21,22)18-4-6(11(19)20)7(5-18)12(15,16)17/h1-3,6-7H,4-5H2,(H,19,20)/t6-,7-/m1/s1. The van der Waals surface area contributed by atoms with Crippen molar-refractivity contribution in [2.24, 2.45) is 11.8 Å². The number of nitrogens with zero attached hydrogens (tertiary/aromatic N) is 1. The van der Waals surface area contributed by atoms with Gasteiger partial charge in [0.1, 0.15) is 4.90 Å². The minimum Gasteiger partial charge on any atom is -0.481 e. The quantitative estimate of drug-likeness (QED) is 0.836. The first-order valence-corrected chi connectivity index (χ1v) is 7.64. The lowest BCUT2D eigenvalue weighted by atomic mass is 9.96. The van der Waals surface area contributed by atoms with Gasteiger partial charge in [-0.1, -0.05) is 6.07 Å². The lowest BCUT2D eigenvalue weighted by Crippen LogP contribution is -2.34. The zero-order valence-corrected chi connectivity index (χ0v) is 12.0. The van der Waals surface area contributed by atoms with Crippen molar-refractivity contribution in [3.63, 3.8) is 0 Å². The maximum atomic E-state index is 13.6. The first kappa shape index (κ1) is 17.6. The van der Waals surface area contributed by atoms with E-state index in [9.17, 15) is 35.2 Å². The van der Waals surface area contributed by atoms with E-state index in [1.807, 2.05) is 0 Å². The number of carbonyl (C=O) groups is 1. The molecule has 1 saturated heterocycles. The summed E-state index contributed by atoms with van der Waals surface area (Å²) in [7, 11) is -4.80. The lowest BCUT2D eigenvalue weighted by Gasteiger charge is -2.18. The summed E-state index contributed by atoms with van der Waals surface area (Å²) in [5.41, 5.74) is 0. The highest BCUT2D eigenvalue weighted by molar-refractivity contribution is 7.89. The summed E-state index contributed by atoms with van der Waals surface area (Å²) in [6, 6.07) is 2.23. The topological polar surface area (TPSA) is 74.7 Å². The fraction of sp³-hybridized carbons (Fsp3) is 0.417. The molecule has 23 heavy (non-hydrogen) atoms. The van der Waals surface area contributed by atoms with Crippen LogP contribution >= 0.6 is 0 Å². The molecule has 2 rings (SSSR count). The van der Waals surface area contributed by atoms with Gasteiger partial charge in [0, 0.05) is 13.1 Å². The number of halogens is 5. The van der Waals surface area contributed by atoms with Crippen LogP contribution in [0.25, 0.3) is 0 Å². The molecule has 0 amide bonds. The van der Waals surface area contributed by atoms with Crippen molar-refractivity contribution >= 4 is 16.0 Å². The zero-order valence-electron chi connectivity index (χ0n) is 11.2. The van der Waals surface area contributed by atoms with Crippen LogP contribution in [0.3, 0.4) is 0 Å². The monoisotopic (exact) mass is 359 g/mol. The van der Waals surface area contributed by atoms with E-state index >= 15 is 0 Å². The minimum absolute atomic E-state index is 0.210. The fourth-order valence-electron chi connectivity index (χ4n) is 2.37. The highest BCUT2D eigenvalue weighted by Crippen LogP contribution is 2.39. The van der Waals surface area contributed by atoms with E-state index in [0.29, 0.717) is 12.1 Å². The van der Waals surface area contributed by atoms with Crippen molar-refractivity contribution in [1.29, 1.82) is 0 Å². The number of carboxylic acids is 1. The number of rotatable bonds is 3. The van der Waals surface area contributed by atoms with E-state index in [-0.39, 0.29) is 4.31 Å². The molecule has 1 aromatic carbocycles. The van der Waals surface area contributed by atoms with Crippen molar-refractivity contribution in [3.05, 3.63) is 29.8 Å². The molecule has 0 aliphatic carbocycles. The van der Waals surface area contributed by atoms with Gasteiger partial charge < -0.3 is 5.11 Å². The van der Waals surface area contributed by atoms with Crippen LogP contribution in [0.15, 0.2) is 23.1 Å². The predicted octanol–water partition coefficient (Wildman–Crippen LogP) is 1.85. The van der Waals surface area contributed by atoms with Gasteiger partial charge in [0.05, 0.1) is 11.8 Å². The van der Waals surface area contributed by atoms with Crippen LogP contribution in [0.2, 0.25) is 0 Å². The van der Waals surface area contributed by atoms with Crippen LogP contribution in [0, 0.1) is 23.5 Å². The second-order valence-corrected chi connectivity index (χ2v) is 6.87. The molecular formula is C12H10F5NO4S. The molecule has 1 aromatic rings. The largest absolute Gasteiger partial charge is 0.481 e. The number of alkyl halides is 3. The molecule has 0 bridgehead atoms. The average Bonchev–Trinajstić information content (AvgIpc) is 2.87. The van der Waals surface area contributed by atoms with Gasteiger partial charge in [-0.05, 0) is 12.1 Å². The molecule has 1 aliphatic heterocycles. The summed E-state index contributed by atoms with van der Waals surface area (Å²) in [5.74, 6) is -9.46. The average molecular weight is 359 g/mol. The van der Waals surface area contributed by atoms with Gasteiger partial charge in [0.15, 0.2) is 11.6 Å². The van der Waals surface area contributed by atoms with Gasteiger partial charge in [-0.25, -0.2) is 17.2 Å². The molecule has 1 fully saturated rings. The zero-order chi connectivity index (χ0) is 17.6. The first-order chi connectivity index (χ1) is 10.5. The molecule has 1 N–H and O–H groups in total. The summed E-state index contributed by atoms with van der Waals surface area (Å²) in [6.45, 7) is -2.14. The van der Waals surface area contributed by atoms with Gasteiger partial charge in [-0.2, -0.15) is 17.5 Å². The smallest absolute Gasteiger partial charge is 0.393 e. The Kier molecular flexibility index (Phi) is 4.37. The van der Waals surface area contributed by atoms with E-state index in [0.717, 1.165) is 6.07 Å². The molecule has 0 saturated carbocycles. The number of carboxylic acid groups (broad SMARTS) is 1. The van der Waals surface area contributed by atoms with E-state index < -0.39 is 63.6 Å². The minimum atomic E-state index is -4.94. The third kappa shape index (κ3) is 3.15. The highest BCUT2D eigenvalue weighted by atomic mass is 32.2. The molecule has 5 nitrogen and oxygen atoms in total. The van der Waals surface area contributed by atoms with E-state index in [1.54, 1.807) is 0 Å². The van der Waals surface area contributed by atoms with Gasteiger partial charge in [0.25, 0.3) is 0 Å². The molecule has 0 unspecified atom stereocenters. The van der Waals surface area contributed by atoms with Crippen molar-refractivity contribution in [2.45, 2.75) is 11.1 Å². The highest BCUT2D eigenvalue weighted by Gasteiger charge is 2.55. The van der Waals surface area contributed by atoms with Gasteiger partial charge in [-0.15, -0.1) is 0 Å². The summed E-state index contributed by atoms with van der Waals surface area (Å²) in [6.07, 6.45) is -4.94. The Morgan fingerprint density at radius 3 is 2.30 bits per heavy atom. The van der Waals surface area contributed by atoms with Crippen molar-refractivity contribution in [3.8, 4) is 0 Å². The number of benzene rings is 1. The van der Waals surface area contributed by atoms with Crippen LogP contribution in [0.4, 0.5) is 22.0 Å². The SMILES string of the molecule is O=C(O)[C@@H]1CN(S(=O)(=O)c2cccc(F)c2F)C[C@H]1C(F)(F)F. The molecule has 0 spiro atoms. The van der Waals surface area contributed by atoms with Crippen molar-refractivity contribution < 1.29 is 40.3 Å². The van der Waals surface area contributed by atoms with Gasteiger partial charge in [0.2, 0.25) is 10.0 Å². The van der Waals surface area contributed by atoms with Gasteiger partial charge >= 0.3 is 12.1 Å². The molecule has 1 heterocycles. The second kappa shape index (κ2) is 5.71. The molecule has 2 atom stereocenters. The predicted molar refractivity (Wildman–Crippen MR) is 65.8 cm³/mol. The van der Waals surface area contributed by atoms with Crippen LogP contribution in [-0.4, -0.2) is 43.1 Å². The van der Waals surface area contributed by atoms with Crippen molar-refractivity contribution in [2.75, 3.05) is 13.1 Å². The summed E-state index contributed by atoms with van der Waals surface area (Å²) in [4.78, 5) is 9.80. The Morgan fingerprint density at radius 1 is 1.22 bits per heavy atom. The van der Waals surface area contributed by atoms with Crippen LogP contribution < -0.4 is 0 Å². The van der Waals surface area contributed by atoms with E-state index in [2.05, 4.69) is 0 Å². The molecule has 128 valence electrons. The molecule has 11 heteroatoms. The fourth-order valence-corrected chi connectivity index (χ4v) is 3.93. The van der Waals surface area contributed by atoms with Crippen LogP contribution in [0.5, 0.6) is 0 Å². The molecular weight excluding hydrogens is 349 g/mol. The third-order valence-electron chi connectivity index (χ3n) is 3.56. The molecule has 0 radical (unpaired) electrons. The Morgan fingerprint density at radius 2 is 1.83 bits per heavy atom. The lowest BCUT2D eigenvalue weighted by molar-refractivity contribution is -0.187. The Bertz CT molecular complexity index is 733. The number of hydrogen-bond acceptors (Lipinski definition) is 3. The van der Waals surface area contributed by atoms with Crippen molar-refractivity contribution in [1.82, 2.24) is 4.31 Å². The Balaban J connectivity index is 2.42. The Hall–Kier alpha value is -1.75. The number of hydrogen-bond donors (Lipinski definition) is 1. The summed E-state index contributed by atoms with van der Waals surface area (Å²) >= 11 is 0. The third-order valence-corrected chi connectivity index (χ3v) is 5.41. The molecule has 1 aliphatic rings. The normalized spacial score (nSPS) is 23.2. The first-order valence-electron chi connectivity index (χ1n) is 6.20. The van der Waals surface area contributed by atoms with Gasteiger partial charge in [-0.3, -0.25) is 4.79 Å². The summed E-state index contributed by atoms with van der Waals surface area (Å²) < 4.78 is 90.0. The van der Waals surface area contributed by atoms with Crippen LogP contribution in [-0.2, 0) is 14.8 Å². The molecule has 0 aromatic heterocycles. The van der Waals surface area contributed by atoms with E-state index in [4.69, 9.17) is 5.11 Å². The Labute approximate surface area is 127 Å². The maximum absolute atomic E-state index is 13.6. The maximum Gasteiger partial charge on any atom is 0.393 e. The number of sulfonamides is 1. The summed E-state index contributed by atoms with van der Waals surface area (Å²) in [5, 5.41) is 8.84. The van der Waals surface area contributed by atoms with E-state index in [1.165, 1.54) is 0 Å².